The lowest BCUT2D eigenvalue weighted by Crippen LogP contribution is -2.48. The number of alkyl halides is 4. The number of hydrogen-bond donors (Lipinski definition) is 2. The Kier molecular flexibility index (Phi) is 5.80. The monoisotopic (exact) mass is 471 g/mol. The molecule has 4 rings (SSSR count). The van der Waals surface area contributed by atoms with E-state index in [-0.39, 0.29) is 22.8 Å². The molecular weight excluding hydrogens is 453 g/mol. The number of carbonyl (C=O) groups excluding carboxylic acids is 1. The third kappa shape index (κ3) is 4.26. The van der Waals surface area contributed by atoms with Crippen LogP contribution in [0, 0.1) is 11.7 Å². The predicted molar refractivity (Wildman–Crippen MR) is 105 cm³/mol. The summed E-state index contributed by atoms with van der Waals surface area (Å²) in [5.74, 6) is -6.15. The van der Waals surface area contributed by atoms with Crippen molar-refractivity contribution in [3.63, 3.8) is 0 Å². The van der Waals surface area contributed by atoms with Crippen molar-refractivity contribution in [2.45, 2.75) is 30.4 Å². The molecule has 8 nitrogen and oxygen atoms in total. The van der Waals surface area contributed by atoms with E-state index in [1.165, 1.54) is 6.07 Å². The van der Waals surface area contributed by atoms with Gasteiger partial charge < -0.3 is 20.5 Å². The fraction of sp³-hybridized carbons (Fsp3) is 0.400. The molecule has 1 fully saturated rings. The van der Waals surface area contributed by atoms with E-state index in [0.717, 1.165) is 24.5 Å². The molecule has 13 heteroatoms. The Morgan fingerprint density at radius 2 is 2.03 bits per heavy atom. The summed E-state index contributed by atoms with van der Waals surface area (Å²) in [6.07, 6.45) is -0.553. The first-order valence-corrected chi connectivity index (χ1v) is 9.75. The molecule has 3 atom stereocenters. The minimum absolute atomic E-state index is 0.0247. The van der Waals surface area contributed by atoms with Crippen molar-refractivity contribution in [3.8, 4) is 5.88 Å². The van der Waals surface area contributed by atoms with Crippen molar-refractivity contribution in [2.24, 2.45) is 16.6 Å². The highest BCUT2D eigenvalue weighted by Crippen LogP contribution is 2.53. The number of ether oxygens (including phenoxy) is 2. The minimum Gasteiger partial charge on any atom is -0.461 e. The van der Waals surface area contributed by atoms with Gasteiger partial charge in [-0.05, 0) is 18.2 Å². The molecule has 33 heavy (non-hydrogen) atoms. The van der Waals surface area contributed by atoms with E-state index >= 15 is 0 Å². The molecule has 0 unspecified atom stereocenters. The molecule has 0 radical (unpaired) electrons. The topological polar surface area (TPSA) is 112 Å². The molecule has 176 valence electrons. The van der Waals surface area contributed by atoms with Crippen LogP contribution in [0.1, 0.15) is 28.9 Å². The number of aromatic nitrogens is 2. The maximum absolute atomic E-state index is 14.9. The van der Waals surface area contributed by atoms with Gasteiger partial charge in [0.05, 0.1) is 12.4 Å². The van der Waals surface area contributed by atoms with Gasteiger partial charge in [-0.15, -0.1) is 0 Å². The van der Waals surface area contributed by atoms with Gasteiger partial charge in [-0.3, -0.25) is 4.79 Å². The zero-order chi connectivity index (χ0) is 23.8. The molecule has 0 spiro atoms. The highest BCUT2D eigenvalue weighted by Gasteiger charge is 2.60. The van der Waals surface area contributed by atoms with Crippen LogP contribution in [-0.4, -0.2) is 47.5 Å². The quantitative estimate of drug-likeness (QED) is 0.627. The van der Waals surface area contributed by atoms with Crippen LogP contribution < -0.4 is 15.8 Å². The van der Waals surface area contributed by atoms with E-state index in [4.69, 9.17) is 10.5 Å². The molecule has 2 aromatic rings. The molecule has 2 aliphatic rings. The van der Waals surface area contributed by atoms with Crippen molar-refractivity contribution in [3.05, 3.63) is 47.7 Å². The number of benzene rings is 1. The van der Waals surface area contributed by atoms with Crippen LogP contribution in [0.25, 0.3) is 0 Å². The minimum atomic E-state index is -3.16. The fourth-order valence-electron chi connectivity index (χ4n) is 4.19. The number of amidine groups is 1. The molecule has 1 saturated carbocycles. The van der Waals surface area contributed by atoms with Crippen LogP contribution in [0.5, 0.6) is 5.88 Å². The van der Waals surface area contributed by atoms with Gasteiger partial charge in [0, 0.05) is 30.0 Å². The molecule has 1 aromatic carbocycles. The van der Waals surface area contributed by atoms with Crippen LogP contribution >= 0.6 is 0 Å². The molecule has 3 N–H and O–H groups in total. The van der Waals surface area contributed by atoms with Crippen LogP contribution in [0.2, 0.25) is 0 Å². The molecule has 2 heterocycles. The fourth-order valence-corrected chi connectivity index (χ4v) is 4.19. The molecule has 1 aliphatic heterocycles. The summed E-state index contributed by atoms with van der Waals surface area (Å²) >= 11 is 0. The van der Waals surface area contributed by atoms with E-state index in [1.54, 1.807) is 0 Å². The van der Waals surface area contributed by atoms with Crippen molar-refractivity contribution >= 4 is 17.6 Å². The first kappa shape index (κ1) is 22.7. The third-order valence-electron chi connectivity index (χ3n) is 5.62. The van der Waals surface area contributed by atoms with Gasteiger partial charge in [-0.2, -0.15) is 0 Å². The second-order valence-electron chi connectivity index (χ2n) is 7.68. The molecule has 0 bridgehead atoms. The number of nitrogens with two attached hydrogens (primary N) is 1. The molecule has 0 saturated heterocycles. The Hall–Kier alpha value is -3.51. The van der Waals surface area contributed by atoms with E-state index in [0.29, 0.717) is 0 Å². The SMILES string of the molecule is NC1=N[C@](CF)(c2cc(NC(=O)c3cnc(OCF)cn3)ccc2F)[C@H]2CC(F)(F)C[C@H]2O1. The molecule has 1 amide bonds. The summed E-state index contributed by atoms with van der Waals surface area (Å²) in [6, 6.07) is 2.74. The summed E-state index contributed by atoms with van der Waals surface area (Å²) < 4.78 is 79.3. The van der Waals surface area contributed by atoms with Crippen molar-refractivity contribution < 1.29 is 36.2 Å². The number of carbonyl (C=O) groups is 1. The average Bonchev–Trinajstić information content (AvgIpc) is 3.09. The number of nitrogens with zero attached hydrogens (tertiary/aromatic N) is 3. The second-order valence-corrected chi connectivity index (χ2v) is 7.68. The van der Waals surface area contributed by atoms with E-state index in [2.05, 4.69) is 25.0 Å². The maximum atomic E-state index is 14.9. The van der Waals surface area contributed by atoms with Crippen molar-refractivity contribution in [1.29, 1.82) is 0 Å². The Balaban J connectivity index is 1.66. The van der Waals surface area contributed by atoms with Crippen LogP contribution in [0.3, 0.4) is 0 Å². The van der Waals surface area contributed by atoms with Gasteiger partial charge in [0.2, 0.25) is 12.7 Å². The number of aliphatic imine (C=N–C) groups is 1. The van der Waals surface area contributed by atoms with E-state index < -0.39 is 67.6 Å². The van der Waals surface area contributed by atoms with Crippen molar-refractivity contribution in [2.75, 3.05) is 18.9 Å². The first-order chi connectivity index (χ1) is 15.7. The van der Waals surface area contributed by atoms with E-state index in [1.807, 2.05) is 0 Å². The van der Waals surface area contributed by atoms with Crippen LogP contribution in [-0.2, 0) is 10.3 Å². The van der Waals surface area contributed by atoms with Gasteiger partial charge in [-0.25, -0.2) is 36.9 Å². The maximum Gasteiger partial charge on any atom is 0.283 e. The number of fused-ring (bicyclic) bond motifs is 1. The van der Waals surface area contributed by atoms with Gasteiger partial charge in [0.1, 0.15) is 29.8 Å². The second kappa shape index (κ2) is 8.45. The first-order valence-electron chi connectivity index (χ1n) is 9.75. The summed E-state index contributed by atoms with van der Waals surface area (Å²) in [6.45, 7) is -2.44. The predicted octanol–water partition coefficient (Wildman–Crippen LogP) is 3.10. The largest absolute Gasteiger partial charge is 0.461 e. The lowest BCUT2D eigenvalue weighted by molar-refractivity contribution is -0.00299. The van der Waals surface area contributed by atoms with Crippen LogP contribution in [0.15, 0.2) is 35.6 Å². The smallest absolute Gasteiger partial charge is 0.283 e. The standard InChI is InChI=1S/C20H18F5N5O3/c21-8-20(12-4-19(24,25)5-15(12)33-18(26)30-20)11-3-10(1-2-13(11)23)29-17(31)14-6-28-16(7-27-14)32-9-22/h1-3,6-7,12,15H,4-5,8-9H2,(H2,26,30)(H,29,31)/t12-,15+,20+/m0/s1. The summed E-state index contributed by atoms with van der Waals surface area (Å²) in [4.78, 5) is 23.9. The summed E-state index contributed by atoms with van der Waals surface area (Å²) in [5, 5.41) is 2.44. The number of nitrogens with one attached hydrogen (secondary N) is 1. The van der Waals surface area contributed by atoms with E-state index in [9.17, 15) is 26.7 Å². The number of amides is 1. The van der Waals surface area contributed by atoms with Gasteiger partial charge in [0.15, 0.2) is 0 Å². The van der Waals surface area contributed by atoms with Gasteiger partial charge in [0.25, 0.3) is 17.9 Å². The normalized spacial score (nSPS) is 25.5. The Morgan fingerprint density at radius 1 is 1.24 bits per heavy atom. The lowest BCUT2D eigenvalue weighted by atomic mass is 9.76. The summed E-state index contributed by atoms with van der Waals surface area (Å²) in [5.41, 5.74) is 3.08. The highest BCUT2D eigenvalue weighted by atomic mass is 19.3. The lowest BCUT2D eigenvalue weighted by Gasteiger charge is -2.40. The van der Waals surface area contributed by atoms with Crippen LogP contribution in [0.4, 0.5) is 27.6 Å². The summed E-state index contributed by atoms with van der Waals surface area (Å²) in [7, 11) is 0. The Labute approximate surface area is 184 Å². The Bertz CT molecular complexity index is 1080. The number of rotatable bonds is 6. The highest BCUT2D eigenvalue weighted by molar-refractivity contribution is 6.02. The molecule has 1 aliphatic carbocycles. The number of halogens is 5. The zero-order valence-corrected chi connectivity index (χ0v) is 16.9. The number of anilines is 1. The molecular formula is C20H18F5N5O3. The third-order valence-corrected chi connectivity index (χ3v) is 5.62. The van der Waals surface area contributed by atoms with Gasteiger partial charge in [-0.1, -0.05) is 0 Å². The van der Waals surface area contributed by atoms with Crippen molar-refractivity contribution in [1.82, 2.24) is 9.97 Å². The Morgan fingerprint density at radius 3 is 2.70 bits per heavy atom. The molecule has 1 aromatic heterocycles. The zero-order valence-electron chi connectivity index (χ0n) is 16.9. The average molecular weight is 471 g/mol. The number of hydrogen-bond acceptors (Lipinski definition) is 7. The van der Waals surface area contributed by atoms with Gasteiger partial charge >= 0.3 is 0 Å².